The number of carbonyl (C=O) groups is 1. The molecule has 0 spiro atoms. The maximum atomic E-state index is 12.5. The Labute approximate surface area is 82.1 Å². The summed E-state index contributed by atoms with van der Waals surface area (Å²) >= 11 is 0. The molecule has 0 saturated heterocycles. The summed E-state index contributed by atoms with van der Waals surface area (Å²) in [6, 6.07) is 5.84. The third-order valence-corrected chi connectivity index (χ3v) is 2.59. The molecule has 1 aliphatic rings. The number of anilines is 1. The Bertz CT molecular complexity index is 330. The molecule has 14 heavy (non-hydrogen) atoms. The van der Waals surface area contributed by atoms with Gasteiger partial charge in [0.15, 0.2) is 0 Å². The van der Waals surface area contributed by atoms with E-state index in [0.29, 0.717) is 5.69 Å². The second kappa shape index (κ2) is 3.78. The molecule has 3 heteroatoms. The first-order valence-electron chi connectivity index (χ1n) is 4.82. The van der Waals surface area contributed by atoms with Gasteiger partial charge in [0.25, 0.3) is 0 Å². The minimum absolute atomic E-state index is 0.0582. The monoisotopic (exact) mass is 193 g/mol. The average Bonchev–Trinajstić information content (AvgIpc) is 2.06. The van der Waals surface area contributed by atoms with Crippen LogP contribution in [0.1, 0.15) is 19.3 Å². The summed E-state index contributed by atoms with van der Waals surface area (Å²) in [4.78, 5) is 11.5. The predicted octanol–water partition coefficient (Wildman–Crippen LogP) is 2.56. The van der Waals surface area contributed by atoms with E-state index in [-0.39, 0.29) is 17.6 Å². The SMILES string of the molecule is O=C(Nc1ccc(F)cc1)C1CCC1. The molecule has 0 aliphatic heterocycles. The van der Waals surface area contributed by atoms with E-state index in [2.05, 4.69) is 5.32 Å². The van der Waals surface area contributed by atoms with Crippen LogP contribution in [0.15, 0.2) is 24.3 Å². The van der Waals surface area contributed by atoms with Gasteiger partial charge in [0.05, 0.1) is 0 Å². The molecule has 1 aromatic carbocycles. The molecule has 0 atom stereocenters. The van der Waals surface area contributed by atoms with Gasteiger partial charge in [0.1, 0.15) is 5.82 Å². The van der Waals surface area contributed by atoms with Crippen LogP contribution in [0.2, 0.25) is 0 Å². The summed E-state index contributed by atoms with van der Waals surface area (Å²) in [6.07, 6.45) is 3.10. The Balaban J connectivity index is 1.96. The smallest absolute Gasteiger partial charge is 0.227 e. The van der Waals surface area contributed by atoms with Gasteiger partial charge in [-0.3, -0.25) is 4.79 Å². The van der Waals surface area contributed by atoms with Crippen molar-refractivity contribution in [1.29, 1.82) is 0 Å². The number of hydrogen-bond acceptors (Lipinski definition) is 1. The van der Waals surface area contributed by atoms with Crippen molar-refractivity contribution in [3.63, 3.8) is 0 Å². The van der Waals surface area contributed by atoms with Gasteiger partial charge in [-0.15, -0.1) is 0 Å². The lowest BCUT2D eigenvalue weighted by Crippen LogP contribution is -2.27. The van der Waals surface area contributed by atoms with E-state index in [0.717, 1.165) is 19.3 Å². The first-order chi connectivity index (χ1) is 6.75. The van der Waals surface area contributed by atoms with Gasteiger partial charge < -0.3 is 5.32 Å². The summed E-state index contributed by atoms with van der Waals surface area (Å²) in [5.41, 5.74) is 0.670. The number of benzene rings is 1. The number of hydrogen-bond donors (Lipinski definition) is 1. The van der Waals surface area contributed by atoms with E-state index in [4.69, 9.17) is 0 Å². The maximum Gasteiger partial charge on any atom is 0.227 e. The first kappa shape index (κ1) is 9.19. The van der Waals surface area contributed by atoms with Gasteiger partial charge in [-0.2, -0.15) is 0 Å². The van der Waals surface area contributed by atoms with E-state index in [1.165, 1.54) is 12.1 Å². The van der Waals surface area contributed by atoms with Crippen LogP contribution in [-0.4, -0.2) is 5.91 Å². The number of amides is 1. The van der Waals surface area contributed by atoms with Crippen LogP contribution in [-0.2, 0) is 4.79 Å². The predicted molar refractivity (Wildman–Crippen MR) is 52.4 cm³/mol. The van der Waals surface area contributed by atoms with Crippen molar-refractivity contribution in [1.82, 2.24) is 0 Å². The number of rotatable bonds is 2. The Hall–Kier alpha value is -1.38. The molecule has 0 unspecified atom stereocenters. The molecule has 74 valence electrons. The first-order valence-corrected chi connectivity index (χ1v) is 4.82. The lowest BCUT2D eigenvalue weighted by Gasteiger charge is -2.23. The topological polar surface area (TPSA) is 29.1 Å². The molecule has 0 heterocycles. The average molecular weight is 193 g/mol. The minimum Gasteiger partial charge on any atom is -0.326 e. The van der Waals surface area contributed by atoms with Gasteiger partial charge in [-0.05, 0) is 37.1 Å². The normalized spacial score (nSPS) is 16.1. The Kier molecular flexibility index (Phi) is 2.48. The molecular weight excluding hydrogens is 181 g/mol. The molecular formula is C11H12FNO. The molecule has 2 nitrogen and oxygen atoms in total. The van der Waals surface area contributed by atoms with Crippen LogP contribution in [0, 0.1) is 11.7 Å². The van der Waals surface area contributed by atoms with Crippen LogP contribution in [0.5, 0.6) is 0 Å². The summed E-state index contributed by atoms with van der Waals surface area (Å²) in [5.74, 6) is -0.0606. The minimum atomic E-state index is -0.286. The molecule has 1 amide bonds. The van der Waals surface area contributed by atoms with Gasteiger partial charge in [-0.1, -0.05) is 6.42 Å². The van der Waals surface area contributed by atoms with Crippen molar-refractivity contribution < 1.29 is 9.18 Å². The van der Waals surface area contributed by atoms with Crippen molar-refractivity contribution in [2.24, 2.45) is 5.92 Å². The summed E-state index contributed by atoms with van der Waals surface area (Å²) < 4.78 is 12.5. The Morgan fingerprint density at radius 2 is 1.93 bits per heavy atom. The zero-order valence-electron chi connectivity index (χ0n) is 7.79. The Morgan fingerprint density at radius 1 is 1.29 bits per heavy atom. The third kappa shape index (κ3) is 1.92. The zero-order valence-corrected chi connectivity index (χ0v) is 7.79. The standard InChI is InChI=1S/C11H12FNO/c12-9-4-6-10(7-5-9)13-11(14)8-2-1-3-8/h4-8H,1-3H2,(H,13,14). The van der Waals surface area contributed by atoms with Crippen LogP contribution in [0.25, 0.3) is 0 Å². The highest BCUT2D eigenvalue weighted by Gasteiger charge is 2.24. The highest BCUT2D eigenvalue weighted by molar-refractivity contribution is 5.92. The molecule has 1 N–H and O–H groups in total. The largest absolute Gasteiger partial charge is 0.326 e. The van der Waals surface area contributed by atoms with Gasteiger partial charge in [0, 0.05) is 11.6 Å². The highest BCUT2D eigenvalue weighted by atomic mass is 19.1. The van der Waals surface area contributed by atoms with E-state index in [1.54, 1.807) is 12.1 Å². The number of halogens is 1. The quantitative estimate of drug-likeness (QED) is 0.768. The molecule has 1 aliphatic carbocycles. The van der Waals surface area contributed by atoms with Gasteiger partial charge >= 0.3 is 0 Å². The molecule has 1 saturated carbocycles. The fourth-order valence-corrected chi connectivity index (χ4v) is 1.45. The molecule has 0 aromatic heterocycles. The van der Waals surface area contributed by atoms with E-state index < -0.39 is 0 Å². The van der Waals surface area contributed by atoms with Crippen LogP contribution in [0.4, 0.5) is 10.1 Å². The van der Waals surface area contributed by atoms with Gasteiger partial charge in [0.2, 0.25) is 5.91 Å². The summed E-state index contributed by atoms with van der Waals surface area (Å²) in [5, 5.41) is 2.77. The van der Waals surface area contributed by atoms with E-state index >= 15 is 0 Å². The second-order valence-corrected chi connectivity index (χ2v) is 3.62. The second-order valence-electron chi connectivity index (χ2n) is 3.62. The van der Waals surface area contributed by atoms with E-state index in [9.17, 15) is 9.18 Å². The van der Waals surface area contributed by atoms with Crippen LogP contribution in [0.3, 0.4) is 0 Å². The highest BCUT2D eigenvalue weighted by Crippen LogP contribution is 2.27. The summed E-state index contributed by atoms with van der Waals surface area (Å²) in [7, 11) is 0. The Morgan fingerprint density at radius 3 is 2.43 bits per heavy atom. The van der Waals surface area contributed by atoms with Crippen molar-refractivity contribution >= 4 is 11.6 Å². The van der Waals surface area contributed by atoms with Crippen LogP contribution < -0.4 is 5.32 Å². The van der Waals surface area contributed by atoms with Crippen LogP contribution >= 0.6 is 0 Å². The van der Waals surface area contributed by atoms with Crippen molar-refractivity contribution in [2.75, 3.05) is 5.32 Å². The lowest BCUT2D eigenvalue weighted by molar-refractivity contribution is -0.122. The summed E-state index contributed by atoms with van der Waals surface area (Å²) in [6.45, 7) is 0. The van der Waals surface area contributed by atoms with Crippen molar-refractivity contribution in [3.05, 3.63) is 30.1 Å². The number of nitrogens with one attached hydrogen (secondary N) is 1. The van der Waals surface area contributed by atoms with Crippen molar-refractivity contribution in [3.8, 4) is 0 Å². The van der Waals surface area contributed by atoms with E-state index in [1.807, 2.05) is 0 Å². The molecule has 1 aromatic rings. The molecule has 1 fully saturated rings. The fourth-order valence-electron chi connectivity index (χ4n) is 1.45. The zero-order chi connectivity index (χ0) is 9.97. The van der Waals surface area contributed by atoms with Gasteiger partial charge in [-0.25, -0.2) is 4.39 Å². The molecule has 0 radical (unpaired) electrons. The fraction of sp³-hybridized carbons (Fsp3) is 0.364. The third-order valence-electron chi connectivity index (χ3n) is 2.59. The molecule has 2 rings (SSSR count). The number of carbonyl (C=O) groups excluding carboxylic acids is 1. The lowest BCUT2D eigenvalue weighted by atomic mass is 9.85. The molecule has 0 bridgehead atoms. The maximum absolute atomic E-state index is 12.5. The van der Waals surface area contributed by atoms with Crippen molar-refractivity contribution in [2.45, 2.75) is 19.3 Å².